The number of nitrogens with one attached hydrogen (secondary N) is 1. The van der Waals surface area contributed by atoms with Gasteiger partial charge in [0.2, 0.25) is 0 Å². The molecule has 0 aliphatic carbocycles. The van der Waals surface area contributed by atoms with Gasteiger partial charge in [-0.25, -0.2) is 10.1 Å². The maximum absolute atomic E-state index is 12.5. The zero-order valence-electron chi connectivity index (χ0n) is 22.3. The van der Waals surface area contributed by atoms with Crippen LogP contribution in [0.25, 0.3) is 16.9 Å². The summed E-state index contributed by atoms with van der Waals surface area (Å²) in [6.07, 6.45) is 4.44. The Hall–Kier alpha value is -4.39. The normalized spacial score (nSPS) is 11.2. The van der Waals surface area contributed by atoms with Gasteiger partial charge in [-0.2, -0.15) is 10.2 Å². The molecule has 0 unspecified atom stereocenters. The summed E-state index contributed by atoms with van der Waals surface area (Å²) >= 11 is 0. The summed E-state index contributed by atoms with van der Waals surface area (Å²) in [6.45, 7) is 8.83. The van der Waals surface area contributed by atoms with Gasteiger partial charge in [-0.15, -0.1) is 0 Å². The predicted molar refractivity (Wildman–Crippen MR) is 151 cm³/mol. The van der Waals surface area contributed by atoms with Crippen LogP contribution in [0, 0.1) is 6.92 Å². The Labute approximate surface area is 224 Å². The molecule has 0 spiro atoms. The Balaban J connectivity index is 1.48. The van der Waals surface area contributed by atoms with Gasteiger partial charge in [0.25, 0.3) is 5.91 Å². The number of aromatic nitrogens is 2. The number of hydrogen-bond acceptors (Lipinski definition) is 5. The highest BCUT2D eigenvalue weighted by Gasteiger charge is 2.12. The number of amides is 1. The van der Waals surface area contributed by atoms with Crippen molar-refractivity contribution in [3.63, 3.8) is 0 Å². The Morgan fingerprint density at radius 1 is 1.05 bits per heavy atom. The van der Waals surface area contributed by atoms with Crippen molar-refractivity contribution in [2.45, 2.75) is 40.0 Å². The van der Waals surface area contributed by atoms with Gasteiger partial charge in [-0.3, -0.25) is 4.79 Å². The summed E-state index contributed by atoms with van der Waals surface area (Å²) in [5.41, 5.74) is 8.06. The maximum atomic E-state index is 12.5. The van der Waals surface area contributed by atoms with Gasteiger partial charge >= 0.3 is 0 Å². The monoisotopic (exact) mass is 510 g/mol. The lowest BCUT2D eigenvalue weighted by Crippen LogP contribution is -2.24. The number of benzene rings is 3. The molecule has 38 heavy (non-hydrogen) atoms. The van der Waals surface area contributed by atoms with Gasteiger partial charge in [0.05, 0.1) is 18.5 Å². The molecule has 0 radical (unpaired) electrons. The minimum Gasteiger partial charge on any atom is -0.494 e. The minimum absolute atomic E-state index is 0.130. The quantitative estimate of drug-likeness (QED) is 0.190. The van der Waals surface area contributed by atoms with E-state index in [1.807, 2.05) is 79.9 Å². The molecule has 3 aromatic carbocycles. The molecule has 4 aromatic rings. The van der Waals surface area contributed by atoms with Gasteiger partial charge < -0.3 is 9.47 Å². The van der Waals surface area contributed by atoms with Crippen LogP contribution in [0.15, 0.2) is 84.1 Å². The summed E-state index contributed by atoms with van der Waals surface area (Å²) in [6, 6.07) is 23.7. The molecule has 4 rings (SSSR count). The maximum Gasteiger partial charge on any atom is 0.277 e. The van der Waals surface area contributed by atoms with E-state index in [0.29, 0.717) is 18.3 Å². The van der Waals surface area contributed by atoms with Crippen molar-refractivity contribution in [1.29, 1.82) is 0 Å². The van der Waals surface area contributed by atoms with Crippen LogP contribution in [0.4, 0.5) is 0 Å². The average Bonchev–Trinajstić information content (AvgIpc) is 3.36. The minimum atomic E-state index is -0.343. The fourth-order valence-corrected chi connectivity index (χ4v) is 3.83. The Kier molecular flexibility index (Phi) is 8.93. The topological polar surface area (TPSA) is 77.7 Å². The molecule has 1 aromatic heterocycles. The molecule has 7 nitrogen and oxygen atoms in total. The van der Waals surface area contributed by atoms with E-state index in [-0.39, 0.29) is 12.5 Å². The number of hydrazone groups is 1. The van der Waals surface area contributed by atoms with Crippen LogP contribution in [0.5, 0.6) is 11.5 Å². The molecule has 0 atom stereocenters. The van der Waals surface area contributed by atoms with Crippen LogP contribution in [-0.4, -0.2) is 35.1 Å². The second-order valence-corrected chi connectivity index (χ2v) is 9.35. The van der Waals surface area contributed by atoms with E-state index in [1.165, 1.54) is 0 Å². The number of aryl methyl sites for hydroxylation is 1. The smallest absolute Gasteiger partial charge is 0.277 e. The summed E-state index contributed by atoms with van der Waals surface area (Å²) in [5, 5.41) is 8.99. The second kappa shape index (κ2) is 12.7. The van der Waals surface area contributed by atoms with E-state index in [9.17, 15) is 4.79 Å². The number of ether oxygens (including phenoxy) is 2. The molecular formula is C31H34N4O3. The standard InChI is InChI=1S/C31H34N4O3/c1-5-17-37-28-15-13-24(14-16-28)31-26(20-35(34-31)27-9-7-6-8-10-27)19-32-33-30(36)21-38-29-18-25(22(2)3)12-11-23(29)4/h6-16,18-20,22H,5,17,21H2,1-4H3,(H,33,36)/b32-19+. The molecule has 0 fully saturated rings. The van der Waals surface area contributed by atoms with Crippen LogP contribution < -0.4 is 14.9 Å². The first-order valence-electron chi connectivity index (χ1n) is 12.9. The van der Waals surface area contributed by atoms with Gasteiger partial charge in [0, 0.05) is 17.3 Å². The highest BCUT2D eigenvalue weighted by Crippen LogP contribution is 2.26. The molecule has 1 N–H and O–H groups in total. The fourth-order valence-electron chi connectivity index (χ4n) is 3.83. The molecule has 0 bridgehead atoms. The van der Waals surface area contributed by atoms with Gasteiger partial charge in [-0.05, 0) is 72.9 Å². The highest BCUT2D eigenvalue weighted by molar-refractivity contribution is 5.89. The van der Waals surface area contributed by atoms with Gasteiger partial charge in [-0.1, -0.05) is 51.1 Å². The SMILES string of the molecule is CCCOc1ccc(-c2nn(-c3ccccc3)cc2/C=N/NC(=O)COc2cc(C(C)C)ccc2C)cc1. The molecule has 7 heteroatoms. The first-order valence-corrected chi connectivity index (χ1v) is 12.9. The molecule has 0 aliphatic heterocycles. The van der Waals surface area contributed by atoms with Gasteiger partial charge in [0.15, 0.2) is 6.61 Å². The van der Waals surface area contributed by atoms with E-state index in [4.69, 9.17) is 14.6 Å². The highest BCUT2D eigenvalue weighted by atomic mass is 16.5. The lowest BCUT2D eigenvalue weighted by Gasteiger charge is -2.12. The molecule has 0 aliphatic rings. The van der Waals surface area contributed by atoms with E-state index >= 15 is 0 Å². The predicted octanol–water partition coefficient (Wildman–Crippen LogP) is 6.29. The average molecular weight is 511 g/mol. The third-order valence-electron chi connectivity index (χ3n) is 5.99. The van der Waals surface area contributed by atoms with Crippen molar-refractivity contribution in [1.82, 2.24) is 15.2 Å². The second-order valence-electron chi connectivity index (χ2n) is 9.35. The van der Waals surface area contributed by atoms with E-state index in [0.717, 1.165) is 45.8 Å². The third-order valence-corrected chi connectivity index (χ3v) is 5.99. The lowest BCUT2D eigenvalue weighted by molar-refractivity contribution is -0.123. The molecule has 0 saturated heterocycles. The summed E-state index contributed by atoms with van der Waals surface area (Å²) in [5.74, 6) is 1.55. The fraction of sp³-hybridized carbons (Fsp3) is 0.258. The molecule has 0 saturated carbocycles. The number of carbonyl (C=O) groups excluding carboxylic acids is 1. The van der Waals surface area contributed by atoms with Crippen LogP contribution in [-0.2, 0) is 4.79 Å². The van der Waals surface area contributed by atoms with E-state index < -0.39 is 0 Å². The van der Waals surface area contributed by atoms with Crippen LogP contribution in [0.1, 0.15) is 49.8 Å². The van der Waals surface area contributed by atoms with E-state index in [1.54, 1.807) is 10.9 Å². The Bertz CT molecular complexity index is 1380. The Morgan fingerprint density at radius 2 is 1.82 bits per heavy atom. The van der Waals surface area contributed by atoms with Crippen LogP contribution in [0.3, 0.4) is 0 Å². The number of hydrogen-bond donors (Lipinski definition) is 1. The van der Waals surface area contributed by atoms with Crippen LogP contribution in [0.2, 0.25) is 0 Å². The van der Waals surface area contributed by atoms with Crippen molar-refractivity contribution in [3.05, 3.63) is 95.7 Å². The first kappa shape index (κ1) is 26.7. The number of carbonyl (C=O) groups is 1. The van der Waals surface area contributed by atoms with Crippen molar-refractivity contribution < 1.29 is 14.3 Å². The van der Waals surface area contributed by atoms with Crippen molar-refractivity contribution in [2.24, 2.45) is 5.10 Å². The van der Waals surface area contributed by atoms with Gasteiger partial charge in [0.1, 0.15) is 17.2 Å². The zero-order valence-corrected chi connectivity index (χ0v) is 22.3. The van der Waals surface area contributed by atoms with Crippen LogP contribution >= 0.6 is 0 Å². The molecule has 1 heterocycles. The number of rotatable bonds is 11. The van der Waals surface area contributed by atoms with Crippen molar-refractivity contribution in [3.8, 4) is 28.4 Å². The summed E-state index contributed by atoms with van der Waals surface area (Å²) in [7, 11) is 0. The zero-order chi connectivity index (χ0) is 26.9. The molecule has 1 amide bonds. The largest absolute Gasteiger partial charge is 0.494 e. The Morgan fingerprint density at radius 3 is 2.53 bits per heavy atom. The third kappa shape index (κ3) is 6.88. The van der Waals surface area contributed by atoms with Crippen molar-refractivity contribution >= 4 is 12.1 Å². The number of para-hydroxylation sites is 1. The first-order chi connectivity index (χ1) is 18.4. The molecule has 196 valence electrons. The lowest BCUT2D eigenvalue weighted by atomic mass is 10.0. The van der Waals surface area contributed by atoms with E-state index in [2.05, 4.69) is 37.4 Å². The summed E-state index contributed by atoms with van der Waals surface area (Å²) in [4.78, 5) is 12.5. The molecular weight excluding hydrogens is 476 g/mol. The number of nitrogens with zero attached hydrogens (tertiary/aromatic N) is 3. The summed E-state index contributed by atoms with van der Waals surface area (Å²) < 4.78 is 13.3. The van der Waals surface area contributed by atoms with Crippen molar-refractivity contribution in [2.75, 3.05) is 13.2 Å².